The minimum Gasteiger partial charge on any atom is -0.465 e. The average molecular weight is 270 g/mol. The normalized spacial score (nSPS) is 12.4. The summed E-state index contributed by atoms with van der Waals surface area (Å²) in [6.07, 6.45) is 12.7. The maximum absolute atomic E-state index is 12.0. The molecule has 0 radical (unpaired) electrons. The highest BCUT2D eigenvalue weighted by molar-refractivity contribution is 5.72. The Morgan fingerprint density at radius 3 is 2.05 bits per heavy atom. The third kappa shape index (κ3) is 11.0. The quantitative estimate of drug-likeness (QED) is 0.326. The van der Waals surface area contributed by atoms with Gasteiger partial charge in [-0.15, -0.1) is 0 Å². The summed E-state index contributed by atoms with van der Waals surface area (Å²) in [5.74, 6) is 0.195. The summed E-state index contributed by atoms with van der Waals surface area (Å²) in [5, 5.41) is 0. The first kappa shape index (κ1) is 18.5. The molecule has 0 amide bonds. The van der Waals surface area contributed by atoms with Crippen LogP contribution in [0.2, 0.25) is 0 Å². The van der Waals surface area contributed by atoms with Crippen LogP contribution >= 0.6 is 0 Å². The van der Waals surface area contributed by atoms with Crippen molar-refractivity contribution in [3.8, 4) is 0 Å². The molecule has 0 aliphatic heterocycles. The zero-order chi connectivity index (χ0) is 14.3. The summed E-state index contributed by atoms with van der Waals surface area (Å²) in [7, 11) is 0. The summed E-state index contributed by atoms with van der Waals surface area (Å²) >= 11 is 0. The number of carbonyl (C=O) groups is 1. The average Bonchev–Trinajstić information content (AvgIpc) is 2.41. The molecule has 0 heterocycles. The van der Waals surface area contributed by atoms with Crippen molar-refractivity contribution in [3.63, 3.8) is 0 Å². The second kappa shape index (κ2) is 13.9. The van der Waals surface area contributed by atoms with Crippen LogP contribution in [0.25, 0.3) is 0 Å². The molecule has 2 nitrogen and oxygen atoms in total. The van der Waals surface area contributed by atoms with E-state index in [0.29, 0.717) is 6.61 Å². The molecule has 19 heavy (non-hydrogen) atoms. The number of hydrogen-bond acceptors (Lipinski definition) is 2. The molecule has 0 bridgehead atoms. The van der Waals surface area contributed by atoms with Crippen LogP contribution in [0.4, 0.5) is 0 Å². The van der Waals surface area contributed by atoms with Crippen molar-refractivity contribution >= 4 is 5.97 Å². The number of carbonyl (C=O) groups excluding carboxylic acids is 1. The van der Waals surface area contributed by atoms with E-state index < -0.39 is 0 Å². The van der Waals surface area contributed by atoms with Gasteiger partial charge < -0.3 is 4.74 Å². The van der Waals surface area contributed by atoms with Crippen molar-refractivity contribution < 1.29 is 9.53 Å². The third-order valence-corrected chi connectivity index (χ3v) is 3.62. The van der Waals surface area contributed by atoms with Gasteiger partial charge in [0.15, 0.2) is 0 Å². The third-order valence-electron chi connectivity index (χ3n) is 3.62. The molecule has 0 spiro atoms. The second-order valence-electron chi connectivity index (χ2n) is 5.56. The largest absolute Gasteiger partial charge is 0.465 e. The first-order valence-corrected chi connectivity index (χ1v) is 8.42. The summed E-state index contributed by atoms with van der Waals surface area (Å²) in [6.45, 7) is 7.18. The molecule has 0 saturated heterocycles. The summed E-state index contributed by atoms with van der Waals surface area (Å²) in [4.78, 5) is 12.0. The van der Waals surface area contributed by atoms with Crippen LogP contribution in [-0.4, -0.2) is 12.6 Å². The van der Waals surface area contributed by atoms with Gasteiger partial charge in [-0.3, -0.25) is 4.79 Å². The molecule has 114 valence electrons. The second-order valence-corrected chi connectivity index (χ2v) is 5.56. The molecule has 0 rings (SSSR count). The molecule has 0 aromatic heterocycles. The van der Waals surface area contributed by atoms with Crippen LogP contribution in [0.1, 0.15) is 91.4 Å². The summed E-state index contributed by atoms with van der Waals surface area (Å²) in [6, 6.07) is 0. The number of esters is 1. The summed E-state index contributed by atoms with van der Waals surface area (Å²) in [5.41, 5.74) is 0. The van der Waals surface area contributed by atoms with E-state index in [1.807, 2.05) is 0 Å². The highest BCUT2D eigenvalue weighted by atomic mass is 16.5. The minimum atomic E-state index is 0.0495. The monoisotopic (exact) mass is 270 g/mol. The van der Waals surface area contributed by atoms with E-state index in [1.54, 1.807) is 0 Å². The van der Waals surface area contributed by atoms with Crippen molar-refractivity contribution in [3.05, 3.63) is 0 Å². The molecule has 0 aromatic rings. The van der Waals surface area contributed by atoms with E-state index in [0.717, 1.165) is 32.1 Å². The van der Waals surface area contributed by atoms with Crippen LogP contribution in [0.5, 0.6) is 0 Å². The lowest BCUT2D eigenvalue weighted by molar-refractivity contribution is -0.149. The number of hydrogen-bond donors (Lipinski definition) is 0. The van der Waals surface area contributed by atoms with Gasteiger partial charge >= 0.3 is 5.97 Å². The standard InChI is InChI=1S/C17H34O2/c1-4-7-9-10-12-15-19-17(18)16(13-6-3)14-11-8-5-2/h16H,4-15H2,1-3H3. The molecule has 0 N–H and O–H groups in total. The van der Waals surface area contributed by atoms with Crippen LogP contribution in [0, 0.1) is 5.92 Å². The van der Waals surface area contributed by atoms with Crippen LogP contribution in [0.3, 0.4) is 0 Å². The fraction of sp³-hybridized carbons (Fsp3) is 0.941. The van der Waals surface area contributed by atoms with Gasteiger partial charge in [0.1, 0.15) is 0 Å². The van der Waals surface area contributed by atoms with Crippen LogP contribution in [-0.2, 0) is 9.53 Å². The zero-order valence-electron chi connectivity index (χ0n) is 13.4. The molecule has 1 unspecified atom stereocenters. The molecular formula is C17H34O2. The molecule has 0 saturated carbocycles. The lowest BCUT2D eigenvalue weighted by Gasteiger charge is -2.15. The maximum atomic E-state index is 12.0. The highest BCUT2D eigenvalue weighted by Crippen LogP contribution is 2.17. The highest BCUT2D eigenvalue weighted by Gasteiger charge is 2.18. The molecule has 0 aliphatic rings. The minimum absolute atomic E-state index is 0.0495. The fourth-order valence-electron chi connectivity index (χ4n) is 2.37. The molecule has 0 aliphatic carbocycles. The van der Waals surface area contributed by atoms with E-state index >= 15 is 0 Å². The van der Waals surface area contributed by atoms with E-state index in [9.17, 15) is 4.79 Å². The Morgan fingerprint density at radius 1 is 0.789 bits per heavy atom. The molecule has 0 aromatic carbocycles. The van der Waals surface area contributed by atoms with Crippen molar-refractivity contribution in [2.45, 2.75) is 91.4 Å². The number of unbranched alkanes of at least 4 members (excludes halogenated alkanes) is 6. The Balaban J connectivity index is 3.71. The van der Waals surface area contributed by atoms with Gasteiger partial charge in [-0.2, -0.15) is 0 Å². The summed E-state index contributed by atoms with van der Waals surface area (Å²) < 4.78 is 5.43. The predicted molar refractivity (Wildman–Crippen MR) is 82.3 cm³/mol. The van der Waals surface area contributed by atoms with E-state index in [4.69, 9.17) is 4.74 Å². The fourth-order valence-corrected chi connectivity index (χ4v) is 2.37. The van der Waals surface area contributed by atoms with Crippen molar-refractivity contribution in [1.29, 1.82) is 0 Å². The molecule has 1 atom stereocenters. The Hall–Kier alpha value is -0.530. The van der Waals surface area contributed by atoms with Crippen LogP contribution in [0.15, 0.2) is 0 Å². The zero-order valence-corrected chi connectivity index (χ0v) is 13.4. The Bertz CT molecular complexity index is 201. The lowest BCUT2D eigenvalue weighted by atomic mass is 9.97. The van der Waals surface area contributed by atoms with Gasteiger partial charge in [-0.1, -0.05) is 72.1 Å². The Labute approximate surface area is 120 Å². The molecule has 2 heteroatoms. The first-order chi connectivity index (χ1) is 9.26. The van der Waals surface area contributed by atoms with Gasteiger partial charge in [0, 0.05) is 0 Å². The smallest absolute Gasteiger partial charge is 0.308 e. The Kier molecular flexibility index (Phi) is 13.5. The van der Waals surface area contributed by atoms with Gasteiger partial charge in [-0.25, -0.2) is 0 Å². The van der Waals surface area contributed by atoms with Crippen LogP contribution < -0.4 is 0 Å². The Morgan fingerprint density at radius 2 is 1.42 bits per heavy atom. The van der Waals surface area contributed by atoms with Crippen molar-refractivity contribution in [2.24, 2.45) is 5.92 Å². The lowest BCUT2D eigenvalue weighted by Crippen LogP contribution is -2.18. The first-order valence-electron chi connectivity index (χ1n) is 8.42. The predicted octanol–water partition coefficient (Wildman–Crippen LogP) is 5.50. The molecular weight excluding hydrogens is 236 g/mol. The van der Waals surface area contributed by atoms with Gasteiger partial charge in [0.2, 0.25) is 0 Å². The maximum Gasteiger partial charge on any atom is 0.308 e. The van der Waals surface area contributed by atoms with E-state index in [-0.39, 0.29) is 11.9 Å². The van der Waals surface area contributed by atoms with Crippen molar-refractivity contribution in [1.82, 2.24) is 0 Å². The SMILES string of the molecule is CCCCCCCOC(=O)C(CCC)CCCCC. The van der Waals surface area contributed by atoms with E-state index in [1.165, 1.54) is 38.5 Å². The van der Waals surface area contributed by atoms with Gasteiger partial charge in [-0.05, 0) is 19.3 Å². The number of ether oxygens (including phenoxy) is 1. The van der Waals surface area contributed by atoms with Gasteiger partial charge in [0.25, 0.3) is 0 Å². The number of rotatable bonds is 13. The van der Waals surface area contributed by atoms with Gasteiger partial charge in [0.05, 0.1) is 12.5 Å². The van der Waals surface area contributed by atoms with E-state index in [2.05, 4.69) is 20.8 Å². The molecule has 0 fully saturated rings. The topological polar surface area (TPSA) is 26.3 Å². The van der Waals surface area contributed by atoms with Crippen molar-refractivity contribution in [2.75, 3.05) is 6.61 Å².